The molecule has 0 aliphatic heterocycles. The second-order valence-corrected chi connectivity index (χ2v) is 6.96. The van der Waals surface area contributed by atoms with Crippen molar-refractivity contribution in [3.8, 4) is 0 Å². The van der Waals surface area contributed by atoms with Gasteiger partial charge in [0.25, 0.3) is 15.9 Å². The lowest BCUT2D eigenvalue weighted by molar-refractivity contribution is -0.120. The number of carbonyl (C=O) groups excluding carboxylic acids is 2. The fourth-order valence-corrected chi connectivity index (χ4v) is 3.16. The van der Waals surface area contributed by atoms with Crippen molar-refractivity contribution < 1.29 is 22.4 Å². The van der Waals surface area contributed by atoms with E-state index >= 15 is 0 Å². The molecule has 0 atom stereocenters. The molecule has 0 spiro atoms. The van der Waals surface area contributed by atoms with Crippen LogP contribution in [-0.4, -0.2) is 33.3 Å². The van der Waals surface area contributed by atoms with E-state index in [-0.39, 0.29) is 28.6 Å². The number of rotatable bonds is 7. The maximum Gasteiger partial charge on any atom is 0.261 e. The highest BCUT2D eigenvalue weighted by molar-refractivity contribution is 7.92. The van der Waals surface area contributed by atoms with Gasteiger partial charge in [0.2, 0.25) is 5.91 Å². The van der Waals surface area contributed by atoms with Crippen LogP contribution < -0.4 is 15.4 Å². The first-order valence-electron chi connectivity index (χ1n) is 7.75. The van der Waals surface area contributed by atoms with Gasteiger partial charge in [-0.25, -0.2) is 12.8 Å². The van der Waals surface area contributed by atoms with Crippen LogP contribution in [0.15, 0.2) is 53.4 Å². The summed E-state index contributed by atoms with van der Waals surface area (Å²) in [6, 6.07) is 10.2. The SMILES string of the molecule is CCNC(=O)CNC(=O)c1cccc(S(=O)(=O)Nc2ccc(F)cc2)c1. The lowest BCUT2D eigenvalue weighted by atomic mass is 10.2. The van der Waals surface area contributed by atoms with Gasteiger partial charge in [-0.3, -0.25) is 14.3 Å². The summed E-state index contributed by atoms with van der Waals surface area (Å²) in [5.74, 6) is -1.41. The van der Waals surface area contributed by atoms with Gasteiger partial charge in [-0.15, -0.1) is 0 Å². The molecule has 2 aromatic rings. The standard InChI is InChI=1S/C17H18FN3O4S/c1-2-19-16(22)11-20-17(23)12-4-3-5-15(10-12)26(24,25)21-14-8-6-13(18)7-9-14/h3-10,21H,2,11H2,1H3,(H,19,22)(H,20,23). The lowest BCUT2D eigenvalue weighted by Crippen LogP contribution is -2.36. The van der Waals surface area contributed by atoms with Crippen LogP contribution in [0.25, 0.3) is 0 Å². The number of hydrogen-bond acceptors (Lipinski definition) is 4. The van der Waals surface area contributed by atoms with Crippen LogP contribution >= 0.6 is 0 Å². The number of sulfonamides is 1. The van der Waals surface area contributed by atoms with E-state index in [0.29, 0.717) is 6.54 Å². The molecule has 0 aromatic heterocycles. The summed E-state index contributed by atoms with van der Waals surface area (Å²) in [6.07, 6.45) is 0. The van der Waals surface area contributed by atoms with Gasteiger partial charge in [0.15, 0.2) is 0 Å². The van der Waals surface area contributed by atoms with Gasteiger partial charge in [-0.2, -0.15) is 0 Å². The van der Waals surface area contributed by atoms with Crippen molar-refractivity contribution in [1.29, 1.82) is 0 Å². The Hall–Kier alpha value is -2.94. The van der Waals surface area contributed by atoms with Crippen molar-refractivity contribution in [2.45, 2.75) is 11.8 Å². The average Bonchev–Trinajstić information content (AvgIpc) is 2.62. The highest BCUT2D eigenvalue weighted by atomic mass is 32.2. The van der Waals surface area contributed by atoms with Crippen molar-refractivity contribution in [3.05, 3.63) is 59.9 Å². The summed E-state index contributed by atoms with van der Waals surface area (Å²) in [4.78, 5) is 23.3. The number of anilines is 1. The Kier molecular flexibility index (Phi) is 6.29. The number of nitrogens with one attached hydrogen (secondary N) is 3. The molecule has 0 radical (unpaired) electrons. The fourth-order valence-electron chi connectivity index (χ4n) is 2.06. The van der Waals surface area contributed by atoms with Crippen LogP contribution in [0.5, 0.6) is 0 Å². The highest BCUT2D eigenvalue weighted by Crippen LogP contribution is 2.17. The molecule has 0 aliphatic carbocycles. The Bertz CT molecular complexity index is 898. The summed E-state index contributed by atoms with van der Waals surface area (Å²) < 4.78 is 40.0. The molecule has 138 valence electrons. The van der Waals surface area contributed by atoms with Crippen LogP contribution in [0.4, 0.5) is 10.1 Å². The molecule has 3 N–H and O–H groups in total. The van der Waals surface area contributed by atoms with Gasteiger partial charge < -0.3 is 10.6 Å². The van der Waals surface area contributed by atoms with Gasteiger partial charge in [0, 0.05) is 17.8 Å². The fraction of sp³-hybridized carbons (Fsp3) is 0.176. The molecule has 26 heavy (non-hydrogen) atoms. The normalized spacial score (nSPS) is 10.8. The molecular formula is C17H18FN3O4S. The van der Waals surface area contributed by atoms with Crippen molar-refractivity contribution >= 4 is 27.5 Å². The summed E-state index contributed by atoms with van der Waals surface area (Å²) in [5.41, 5.74) is 0.286. The monoisotopic (exact) mass is 379 g/mol. The number of carbonyl (C=O) groups is 2. The minimum atomic E-state index is -3.95. The van der Waals surface area contributed by atoms with E-state index in [1.165, 1.54) is 36.4 Å². The van der Waals surface area contributed by atoms with E-state index < -0.39 is 21.7 Å². The number of hydrogen-bond donors (Lipinski definition) is 3. The predicted octanol–water partition coefficient (Wildman–Crippen LogP) is 1.49. The molecule has 0 unspecified atom stereocenters. The third-order valence-corrected chi connectivity index (χ3v) is 4.67. The Morgan fingerprint density at radius 3 is 2.38 bits per heavy atom. The van der Waals surface area contributed by atoms with E-state index in [2.05, 4.69) is 15.4 Å². The maximum absolute atomic E-state index is 12.9. The third-order valence-electron chi connectivity index (χ3n) is 3.29. The Balaban J connectivity index is 2.12. The summed E-state index contributed by atoms with van der Waals surface area (Å²) >= 11 is 0. The van der Waals surface area contributed by atoms with Gasteiger partial charge in [-0.05, 0) is 49.4 Å². The molecule has 0 aliphatic rings. The van der Waals surface area contributed by atoms with Crippen LogP contribution in [0.1, 0.15) is 17.3 Å². The van der Waals surface area contributed by atoms with E-state index in [1.54, 1.807) is 6.92 Å². The van der Waals surface area contributed by atoms with Gasteiger partial charge in [0.1, 0.15) is 5.82 Å². The molecule has 2 aromatic carbocycles. The number of benzene rings is 2. The van der Waals surface area contributed by atoms with Crippen molar-refractivity contribution in [2.75, 3.05) is 17.8 Å². The largest absolute Gasteiger partial charge is 0.355 e. The topological polar surface area (TPSA) is 104 Å². The van der Waals surface area contributed by atoms with E-state index in [9.17, 15) is 22.4 Å². The molecule has 2 amide bonds. The quantitative estimate of drug-likeness (QED) is 0.678. The van der Waals surface area contributed by atoms with E-state index in [4.69, 9.17) is 0 Å². The lowest BCUT2D eigenvalue weighted by Gasteiger charge is -2.10. The minimum absolute atomic E-state index is 0.0938. The molecule has 0 bridgehead atoms. The third kappa shape index (κ3) is 5.28. The van der Waals surface area contributed by atoms with Crippen LogP contribution in [0, 0.1) is 5.82 Å². The van der Waals surface area contributed by atoms with E-state index in [1.807, 2.05) is 0 Å². The first kappa shape index (κ1) is 19.4. The summed E-state index contributed by atoms with van der Waals surface area (Å²) in [5, 5.41) is 4.94. The van der Waals surface area contributed by atoms with Crippen molar-refractivity contribution in [3.63, 3.8) is 0 Å². The highest BCUT2D eigenvalue weighted by Gasteiger charge is 2.17. The zero-order valence-corrected chi connectivity index (χ0v) is 14.8. The molecule has 0 saturated heterocycles. The van der Waals surface area contributed by atoms with Gasteiger partial charge in [-0.1, -0.05) is 6.07 Å². The van der Waals surface area contributed by atoms with Crippen molar-refractivity contribution in [1.82, 2.24) is 10.6 Å². The number of halogens is 1. The second kappa shape index (κ2) is 8.43. The molecular weight excluding hydrogens is 361 g/mol. The number of amides is 2. The molecule has 7 nitrogen and oxygen atoms in total. The number of likely N-dealkylation sites (N-methyl/N-ethyl adjacent to an activating group) is 1. The van der Waals surface area contributed by atoms with Crippen molar-refractivity contribution in [2.24, 2.45) is 0 Å². The maximum atomic E-state index is 12.9. The average molecular weight is 379 g/mol. The minimum Gasteiger partial charge on any atom is -0.355 e. The first-order valence-corrected chi connectivity index (χ1v) is 9.23. The molecule has 0 heterocycles. The Morgan fingerprint density at radius 1 is 1.04 bits per heavy atom. The summed E-state index contributed by atoms with van der Waals surface area (Å²) in [7, 11) is -3.95. The second-order valence-electron chi connectivity index (χ2n) is 5.28. The summed E-state index contributed by atoms with van der Waals surface area (Å²) in [6.45, 7) is 1.98. The van der Waals surface area contributed by atoms with Gasteiger partial charge >= 0.3 is 0 Å². The Labute approximate surface area is 150 Å². The van der Waals surface area contributed by atoms with Gasteiger partial charge in [0.05, 0.1) is 11.4 Å². The smallest absolute Gasteiger partial charge is 0.261 e. The molecule has 9 heteroatoms. The van der Waals surface area contributed by atoms with E-state index in [0.717, 1.165) is 12.1 Å². The Morgan fingerprint density at radius 2 is 1.73 bits per heavy atom. The molecule has 0 saturated carbocycles. The zero-order valence-electron chi connectivity index (χ0n) is 14.0. The van der Waals surface area contributed by atoms with Crippen LogP contribution in [-0.2, 0) is 14.8 Å². The van der Waals surface area contributed by atoms with Crippen LogP contribution in [0.3, 0.4) is 0 Å². The van der Waals surface area contributed by atoms with Crippen LogP contribution in [0.2, 0.25) is 0 Å². The first-order chi connectivity index (χ1) is 12.3. The predicted molar refractivity (Wildman–Crippen MR) is 94.7 cm³/mol. The molecule has 0 fully saturated rings. The molecule has 2 rings (SSSR count). The zero-order chi connectivity index (χ0) is 19.2.